The SMILES string of the molecule is COCc1ccc(C)cc1NC(=S)NNCC1CC=C(c2ncn(-c3ccc(OC(F)(F)C(F)(F)F)cc3)n2)CC1. The summed E-state index contributed by atoms with van der Waals surface area (Å²) < 4.78 is 73.8. The van der Waals surface area contributed by atoms with Gasteiger partial charge < -0.3 is 14.8 Å². The number of methoxy groups -OCH3 is 1. The van der Waals surface area contributed by atoms with Gasteiger partial charge in [0.15, 0.2) is 10.9 Å². The van der Waals surface area contributed by atoms with E-state index in [1.165, 1.54) is 23.1 Å². The summed E-state index contributed by atoms with van der Waals surface area (Å²) >= 11 is 5.42. The molecule has 14 heteroatoms. The van der Waals surface area contributed by atoms with Crippen molar-refractivity contribution in [1.29, 1.82) is 0 Å². The number of allylic oxidation sites excluding steroid dienone is 2. The van der Waals surface area contributed by atoms with Crippen molar-refractivity contribution < 1.29 is 31.4 Å². The normalized spacial score (nSPS) is 15.8. The molecule has 3 N–H and O–H groups in total. The Kier molecular flexibility index (Phi) is 9.56. The van der Waals surface area contributed by atoms with E-state index in [-0.39, 0.29) is 0 Å². The predicted molar refractivity (Wildman–Crippen MR) is 148 cm³/mol. The second-order valence-electron chi connectivity index (χ2n) is 9.55. The van der Waals surface area contributed by atoms with E-state index < -0.39 is 18.0 Å². The maximum Gasteiger partial charge on any atom is 0.499 e. The molecule has 1 aliphatic carbocycles. The lowest BCUT2D eigenvalue weighted by molar-refractivity contribution is -0.360. The summed E-state index contributed by atoms with van der Waals surface area (Å²) in [6.45, 7) is 3.16. The minimum atomic E-state index is -5.81. The van der Waals surface area contributed by atoms with Gasteiger partial charge in [-0.1, -0.05) is 18.2 Å². The zero-order valence-electron chi connectivity index (χ0n) is 22.3. The predicted octanol–water partition coefficient (Wildman–Crippen LogP) is 5.93. The van der Waals surface area contributed by atoms with Gasteiger partial charge in [-0.2, -0.15) is 22.0 Å². The summed E-state index contributed by atoms with van der Waals surface area (Å²) in [4.78, 5) is 4.33. The van der Waals surface area contributed by atoms with Crippen LogP contribution in [0.25, 0.3) is 11.3 Å². The Labute approximate surface area is 238 Å². The minimum absolute atomic E-state index is 0.363. The molecular weight excluding hydrogens is 567 g/mol. The number of hydrazine groups is 1. The largest absolute Gasteiger partial charge is 0.499 e. The number of alkyl halides is 5. The number of aryl methyl sites for hydroxylation is 1. The van der Waals surface area contributed by atoms with E-state index in [1.54, 1.807) is 7.11 Å². The molecule has 1 unspecified atom stereocenters. The van der Waals surface area contributed by atoms with Crippen molar-refractivity contribution in [2.45, 2.75) is 45.1 Å². The van der Waals surface area contributed by atoms with E-state index in [2.05, 4.69) is 37.1 Å². The Bertz CT molecular complexity index is 1380. The Morgan fingerprint density at radius 1 is 1.12 bits per heavy atom. The van der Waals surface area contributed by atoms with Crippen LogP contribution in [0.3, 0.4) is 0 Å². The first-order valence-electron chi connectivity index (χ1n) is 12.7. The van der Waals surface area contributed by atoms with Crippen LogP contribution in [0.4, 0.5) is 27.6 Å². The fourth-order valence-electron chi connectivity index (χ4n) is 4.20. The van der Waals surface area contributed by atoms with Crippen LogP contribution in [-0.4, -0.2) is 45.8 Å². The summed E-state index contributed by atoms with van der Waals surface area (Å²) in [6.07, 6.45) is -5.13. The van der Waals surface area contributed by atoms with Crippen LogP contribution in [0.15, 0.2) is 54.9 Å². The van der Waals surface area contributed by atoms with Crippen molar-refractivity contribution in [2.24, 2.45) is 5.92 Å². The van der Waals surface area contributed by atoms with Gasteiger partial charge in [-0.05, 0) is 85.8 Å². The number of nitrogens with zero attached hydrogens (tertiary/aromatic N) is 3. The lowest BCUT2D eigenvalue weighted by Crippen LogP contribution is -2.42. The lowest BCUT2D eigenvalue weighted by atomic mass is 9.89. The summed E-state index contributed by atoms with van der Waals surface area (Å²) in [5.41, 5.74) is 10.6. The summed E-state index contributed by atoms with van der Waals surface area (Å²) in [7, 11) is 1.64. The van der Waals surface area contributed by atoms with Crippen LogP contribution in [0.1, 0.15) is 36.2 Å². The topological polar surface area (TPSA) is 85.3 Å². The summed E-state index contributed by atoms with van der Waals surface area (Å²) in [5.74, 6) is 0.262. The highest BCUT2D eigenvalue weighted by atomic mass is 32.1. The molecule has 0 spiro atoms. The molecule has 4 rings (SSSR count). The molecule has 1 atom stereocenters. The smallest absolute Gasteiger partial charge is 0.426 e. The van der Waals surface area contributed by atoms with Crippen molar-refractivity contribution in [2.75, 3.05) is 19.0 Å². The molecule has 0 bridgehead atoms. The van der Waals surface area contributed by atoms with Crippen LogP contribution < -0.4 is 20.9 Å². The summed E-state index contributed by atoms with van der Waals surface area (Å²) in [5, 5.41) is 8.08. The van der Waals surface area contributed by atoms with E-state index in [4.69, 9.17) is 17.0 Å². The fourth-order valence-corrected chi connectivity index (χ4v) is 4.38. The number of hydrogen-bond donors (Lipinski definition) is 3. The van der Waals surface area contributed by atoms with Crippen molar-refractivity contribution >= 4 is 28.6 Å². The van der Waals surface area contributed by atoms with Crippen LogP contribution in [0.2, 0.25) is 0 Å². The van der Waals surface area contributed by atoms with E-state index >= 15 is 0 Å². The fraction of sp³-hybridized carbons (Fsp3) is 0.370. The standard InChI is InChI=1S/C27H29F5N6O2S/c1-17-3-6-20(15-39-2)23(13-17)35-25(41)36-34-14-18-4-7-19(8-5-18)24-33-16-38(37-24)21-9-11-22(12-10-21)40-27(31,32)26(28,29)30/h3,6-7,9-13,16,18,34H,4-5,8,14-15H2,1-2H3,(H2,35,36,41). The number of nitrogens with one attached hydrogen (secondary N) is 3. The third-order valence-electron chi connectivity index (χ3n) is 6.38. The Balaban J connectivity index is 1.26. The zero-order chi connectivity index (χ0) is 29.6. The lowest BCUT2D eigenvalue weighted by Gasteiger charge is -2.22. The van der Waals surface area contributed by atoms with Gasteiger partial charge in [-0.15, -0.1) is 5.10 Å². The van der Waals surface area contributed by atoms with Gasteiger partial charge in [0, 0.05) is 24.9 Å². The first kappa shape index (κ1) is 30.3. The number of rotatable bonds is 10. The monoisotopic (exact) mass is 596 g/mol. The third kappa shape index (κ3) is 7.99. The van der Waals surface area contributed by atoms with Gasteiger partial charge in [0.05, 0.1) is 12.3 Å². The van der Waals surface area contributed by atoms with E-state index in [0.29, 0.717) is 35.7 Å². The molecule has 0 aliphatic heterocycles. The maximum absolute atomic E-state index is 13.1. The second kappa shape index (κ2) is 12.9. The molecule has 0 radical (unpaired) electrons. The number of thiocarbonyl (C=S) groups is 1. The first-order chi connectivity index (χ1) is 19.4. The zero-order valence-corrected chi connectivity index (χ0v) is 23.1. The van der Waals surface area contributed by atoms with Gasteiger partial charge in [0.2, 0.25) is 0 Å². The summed E-state index contributed by atoms with van der Waals surface area (Å²) in [6, 6.07) is 10.7. The molecule has 0 saturated heterocycles. The first-order valence-corrected chi connectivity index (χ1v) is 13.1. The number of ether oxygens (including phenoxy) is 2. The highest BCUT2D eigenvalue weighted by Gasteiger charge is 2.61. The van der Waals surface area contributed by atoms with Crippen LogP contribution in [0, 0.1) is 12.8 Å². The molecule has 220 valence electrons. The van der Waals surface area contributed by atoms with E-state index in [1.807, 2.05) is 25.1 Å². The van der Waals surface area contributed by atoms with Crippen LogP contribution in [0.5, 0.6) is 5.75 Å². The van der Waals surface area contributed by atoms with E-state index in [0.717, 1.165) is 53.8 Å². The molecule has 41 heavy (non-hydrogen) atoms. The molecule has 8 nitrogen and oxygen atoms in total. The molecule has 3 aromatic rings. The molecule has 1 aromatic heterocycles. The number of anilines is 1. The molecule has 1 aliphatic rings. The van der Waals surface area contributed by atoms with Gasteiger partial charge in [-0.3, -0.25) is 5.43 Å². The average Bonchev–Trinajstić information content (AvgIpc) is 3.41. The molecule has 1 heterocycles. The molecular formula is C27H29F5N6O2S. The molecule has 0 amide bonds. The van der Waals surface area contributed by atoms with Crippen LogP contribution >= 0.6 is 12.2 Å². The van der Waals surface area contributed by atoms with Crippen molar-refractivity contribution in [3.8, 4) is 11.4 Å². The van der Waals surface area contributed by atoms with Crippen LogP contribution in [-0.2, 0) is 11.3 Å². The maximum atomic E-state index is 13.1. The highest BCUT2D eigenvalue weighted by molar-refractivity contribution is 7.80. The molecule has 2 aromatic carbocycles. The van der Waals surface area contributed by atoms with Gasteiger partial charge in [0.1, 0.15) is 12.1 Å². The average molecular weight is 597 g/mol. The molecule has 0 fully saturated rings. The minimum Gasteiger partial charge on any atom is -0.426 e. The number of benzene rings is 2. The van der Waals surface area contributed by atoms with Crippen molar-refractivity contribution in [3.63, 3.8) is 0 Å². The Morgan fingerprint density at radius 2 is 1.88 bits per heavy atom. The van der Waals surface area contributed by atoms with Crippen molar-refractivity contribution in [1.82, 2.24) is 25.6 Å². The highest BCUT2D eigenvalue weighted by Crippen LogP contribution is 2.37. The molecule has 0 saturated carbocycles. The number of aromatic nitrogens is 3. The third-order valence-corrected chi connectivity index (χ3v) is 6.59. The van der Waals surface area contributed by atoms with E-state index in [9.17, 15) is 22.0 Å². The Morgan fingerprint density at radius 3 is 2.54 bits per heavy atom. The van der Waals surface area contributed by atoms with Gasteiger partial charge in [0.25, 0.3) is 0 Å². The van der Waals surface area contributed by atoms with Crippen molar-refractivity contribution in [3.05, 3.63) is 71.8 Å². The second-order valence-corrected chi connectivity index (χ2v) is 9.95. The van der Waals surface area contributed by atoms with Gasteiger partial charge >= 0.3 is 12.3 Å². The Hall–Kier alpha value is -3.62. The number of hydrogen-bond acceptors (Lipinski definition) is 6. The number of halogens is 5. The quantitative estimate of drug-likeness (QED) is 0.151. The van der Waals surface area contributed by atoms with Gasteiger partial charge in [-0.25, -0.2) is 15.1 Å².